The summed E-state index contributed by atoms with van der Waals surface area (Å²) < 4.78 is 38.5. The summed E-state index contributed by atoms with van der Waals surface area (Å²) in [5, 5.41) is 0. The highest BCUT2D eigenvalue weighted by atomic mass is 127. The van der Waals surface area contributed by atoms with E-state index in [0.717, 1.165) is 6.07 Å². The second-order valence-electron chi connectivity index (χ2n) is 3.17. The van der Waals surface area contributed by atoms with Crippen LogP contribution in [0.2, 0.25) is 0 Å². The third-order valence-electron chi connectivity index (χ3n) is 1.98. The van der Waals surface area contributed by atoms with Gasteiger partial charge in [0.05, 0.1) is 16.6 Å². The van der Waals surface area contributed by atoms with Crippen molar-refractivity contribution in [1.29, 1.82) is 0 Å². The average molecular weight is 326 g/mol. The van der Waals surface area contributed by atoms with Gasteiger partial charge in [-0.2, -0.15) is 13.2 Å². The van der Waals surface area contributed by atoms with Crippen molar-refractivity contribution in [2.45, 2.75) is 13.1 Å². The van der Waals surface area contributed by atoms with Gasteiger partial charge in [0.25, 0.3) is 0 Å². The summed E-state index contributed by atoms with van der Waals surface area (Å²) in [5.41, 5.74) is -0.253. The number of H-pyrrole nitrogens is 1. The van der Waals surface area contributed by atoms with Crippen molar-refractivity contribution in [3.05, 3.63) is 27.1 Å². The summed E-state index contributed by atoms with van der Waals surface area (Å²) in [7, 11) is 0. The molecule has 0 atom stereocenters. The van der Waals surface area contributed by atoms with E-state index >= 15 is 0 Å². The molecule has 0 saturated heterocycles. The van der Waals surface area contributed by atoms with Crippen LogP contribution in [0, 0.1) is 10.5 Å². The predicted molar refractivity (Wildman–Crippen MR) is 58.5 cm³/mol. The summed E-state index contributed by atoms with van der Waals surface area (Å²) in [4.78, 5) is 6.61. The smallest absolute Gasteiger partial charge is 0.342 e. The lowest BCUT2D eigenvalue weighted by atomic mass is 10.2. The first kappa shape index (κ1) is 10.7. The first-order chi connectivity index (χ1) is 6.88. The molecule has 2 rings (SSSR count). The largest absolute Gasteiger partial charge is 0.418 e. The quantitative estimate of drug-likeness (QED) is 0.738. The lowest BCUT2D eigenvalue weighted by Gasteiger charge is -2.07. The maximum Gasteiger partial charge on any atom is 0.418 e. The van der Waals surface area contributed by atoms with Crippen LogP contribution in [0.25, 0.3) is 11.0 Å². The van der Waals surface area contributed by atoms with Crippen molar-refractivity contribution in [3.8, 4) is 0 Å². The fourth-order valence-electron chi connectivity index (χ4n) is 1.43. The Bertz CT molecular complexity index is 516. The number of alkyl halides is 3. The Morgan fingerprint density at radius 1 is 1.33 bits per heavy atom. The summed E-state index contributed by atoms with van der Waals surface area (Å²) in [5.74, 6) is 0.484. The van der Waals surface area contributed by atoms with Crippen LogP contribution in [0.5, 0.6) is 0 Å². The molecule has 1 aromatic carbocycles. The lowest BCUT2D eigenvalue weighted by Crippen LogP contribution is -2.06. The SMILES string of the molecule is Cc1nc2cc(I)cc(C(F)(F)F)c2[nH]1. The molecular formula is C9H6F3IN2. The first-order valence-electron chi connectivity index (χ1n) is 4.11. The van der Waals surface area contributed by atoms with Crippen LogP contribution in [-0.2, 0) is 6.18 Å². The van der Waals surface area contributed by atoms with Gasteiger partial charge in [-0.25, -0.2) is 4.98 Å². The van der Waals surface area contributed by atoms with E-state index in [1.165, 1.54) is 0 Å². The fourth-order valence-corrected chi connectivity index (χ4v) is 2.03. The number of imidazole rings is 1. The molecule has 0 saturated carbocycles. The molecule has 2 nitrogen and oxygen atoms in total. The molecule has 15 heavy (non-hydrogen) atoms. The van der Waals surface area contributed by atoms with Crippen LogP contribution >= 0.6 is 22.6 Å². The second-order valence-corrected chi connectivity index (χ2v) is 4.41. The molecule has 80 valence electrons. The molecule has 0 aliphatic rings. The van der Waals surface area contributed by atoms with Crippen molar-refractivity contribution < 1.29 is 13.2 Å². The van der Waals surface area contributed by atoms with Crippen molar-refractivity contribution in [3.63, 3.8) is 0 Å². The lowest BCUT2D eigenvalue weighted by molar-refractivity contribution is -0.136. The predicted octanol–water partition coefficient (Wildman–Crippen LogP) is 3.49. The number of aromatic nitrogens is 2. The minimum Gasteiger partial charge on any atom is -0.342 e. The molecule has 1 N–H and O–H groups in total. The van der Waals surface area contributed by atoms with E-state index in [1.54, 1.807) is 13.0 Å². The molecule has 2 aromatic rings. The average Bonchev–Trinajstić information content (AvgIpc) is 2.41. The maximum absolute atomic E-state index is 12.7. The number of hydrogen-bond acceptors (Lipinski definition) is 1. The van der Waals surface area contributed by atoms with Crippen LogP contribution in [0.1, 0.15) is 11.4 Å². The topological polar surface area (TPSA) is 28.7 Å². The Hall–Kier alpha value is -0.790. The normalized spacial score (nSPS) is 12.3. The molecule has 0 bridgehead atoms. The van der Waals surface area contributed by atoms with E-state index in [0.29, 0.717) is 14.9 Å². The summed E-state index contributed by atoms with van der Waals surface area (Å²) in [6.45, 7) is 1.63. The maximum atomic E-state index is 12.7. The number of aromatic amines is 1. The minimum absolute atomic E-state index is 0.0559. The Morgan fingerprint density at radius 3 is 2.60 bits per heavy atom. The highest BCUT2D eigenvalue weighted by Gasteiger charge is 2.33. The van der Waals surface area contributed by atoms with E-state index in [2.05, 4.69) is 9.97 Å². The molecule has 0 unspecified atom stereocenters. The molecule has 0 aliphatic carbocycles. The van der Waals surface area contributed by atoms with E-state index in [-0.39, 0.29) is 5.52 Å². The van der Waals surface area contributed by atoms with Gasteiger partial charge in [0.15, 0.2) is 0 Å². The van der Waals surface area contributed by atoms with Gasteiger partial charge < -0.3 is 4.98 Å². The van der Waals surface area contributed by atoms with Crippen LogP contribution in [-0.4, -0.2) is 9.97 Å². The van der Waals surface area contributed by atoms with Crippen LogP contribution in [0.15, 0.2) is 12.1 Å². The van der Waals surface area contributed by atoms with Gasteiger partial charge >= 0.3 is 6.18 Å². The van der Waals surface area contributed by atoms with Crippen molar-refractivity contribution >= 4 is 33.6 Å². The van der Waals surface area contributed by atoms with Gasteiger partial charge in [-0.1, -0.05) is 0 Å². The Morgan fingerprint density at radius 2 is 2.00 bits per heavy atom. The molecule has 1 aromatic heterocycles. The number of benzene rings is 1. The number of hydrogen-bond donors (Lipinski definition) is 1. The summed E-state index contributed by atoms with van der Waals surface area (Å²) in [6, 6.07) is 2.73. The van der Waals surface area contributed by atoms with Crippen LogP contribution < -0.4 is 0 Å². The fraction of sp³-hybridized carbons (Fsp3) is 0.222. The highest BCUT2D eigenvalue weighted by Crippen LogP contribution is 2.35. The number of aryl methyl sites for hydroxylation is 1. The highest BCUT2D eigenvalue weighted by molar-refractivity contribution is 14.1. The number of nitrogens with zero attached hydrogens (tertiary/aromatic N) is 1. The molecular weight excluding hydrogens is 320 g/mol. The second kappa shape index (κ2) is 3.36. The standard InChI is InChI=1S/C9H6F3IN2/c1-4-14-7-3-5(13)2-6(8(7)15-4)9(10,11)12/h2-3H,1H3,(H,14,15). The van der Waals surface area contributed by atoms with Crippen LogP contribution in [0.3, 0.4) is 0 Å². The molecule has 1 heterocycles. The van der Waals surface area contributed by atoms with Crippen molar-refractivity contribution in [2.75, 3.05) is 0 Å². The van der Waals surface area contributed by atoms with E-state index in [9.17, 15) is 13.2 Å². The third-order valence-corrected chi connectivity index (χ3v) is 2.60. The zero-order valence-corrected chi connectivity index (χ0v) is 9.77. The van der Waals surface area contributed by atoms with Gasteiger partial charge in [0.1, 0.15) is 5.82 Å². The third kappa shape index (κ3) is 1.95. The van der Waals surface area contributed by atoms with Crippen molar-refractivity contribution in [1.82, 2.24) is 9.97 Å². The summed E-state index contributed by atoms with van der Waals surface area (Å²) >= 11 is 1.85. The molecule has 0 aliphatic heterocycles. The monoisotopic (exact) mass is 326 g/mol. The van der Waals surface area contributed by atoms with Gasteiger partial charge in [0.2, 0.25) is 0 Å². The Labute approximate surface area is 97.0 Å². The molecule has 0 spiro atoms. The van der Waals surface area contributed by atoms with Gasteiger partial charge in [-0.15, -0.1) is 0 Å². The van der Waals surface area contributed by atoms with Gasteiger partial charge in [0, 0.05) is 3.57 Å². The van der Waals surface area contributed by atoms with E-state index in [1.807, 2.05) is 22.6 Å². The van der Waals surface area contributed by atoms with Crippen LogP contribution in [0.4, 0.5) is 13.2 Å². The molecule has 0 amide bonds. The molecule has 6 heteroatoms. The number of halogens is 4. The zero-order valence-electron chi connectivity index (χ0n) is 7.61. The van der Waals surface area contributed by atoms with Gasteiger partial charge in [-0.3, -0.25) is 0 Å². The summed E-state index contributed by atoms with van der Waals surface area (Å²) in [6.07, 6.45) is -4.35. The van der Waals surface area contributed by atoms with E-state index < -0.39 is 11.7 Å². The number of fused-ring (bicyclic) bond motifs is 1. The number of rotatable bonds is 0. The zero-order chi connectivity index (χ0) is 11.2. The molecule has 0 fully saturated rings. The van der Waals surface area contributed by atoms with Crippen molar-refractivity contribution in [2.24, 2.45) is 0 Å². The molecule has 0 radical (unpaired) electrons. The minimum atomic E-state index is -4.35. The first-order valence-corrected chi connectivity index (χ1v) is 5.19. The Balaban J connectivity index is 2.82. The Kier molecular flexibility index (Phi) is 2.40. The van der Waals surface area contributed by atoms with E-state index in [4.69, 9.17) is 0 Å². The van der Waals surface area contributed by atoms with Gasteiger partial charge in [-0.05, 0) is 41.6 Å². The number of nitrogens with one attached hydrogen (secondary N) is 1.